The van der Waals surface area contributed by atoms with Crippen molar-refractivity contribution in [1.29, 1.82) is 0 Å². The number of imide groups is 2. The van der Waals surface area contributed by atoms with Gasteiger partial charge in [0.15, 0.2) is 0 Å². The molecule has 54 heavy (non-hydrogen) atoms. The SMILES string of the molecule is O=C1C=CC(=O)N1c1cccc(Oc2ccc(-c3c4ccccc4c(-c4ccc(Oc5cccc(N6C(=O)C=CC6=O)c5)cc4)c4ccccc34)cc2)c1. The number of carbonyl (C=O) groups is 4. The summed E-state index contributed by atoms with van der Waals surface area (Å²) >= 11 is 0. The minimum atomic E-state index is -0.383. The second-order valence-corrected chi connectivity index (χ2v) is 12.8. The van der Waals surface area contributed by atoms with E-state index in [1.807, 2.05) is 72.8 Å². The van der Waals surface area contributed by atoms with Crippen molar-refractivity contribution in [3.63, 3.8) is 0 Å². The van der Waals surface area contributed by atoms with Crippen molar-refractivity contribution in [3.8, 4) is 45.3 Å². The van der Waals surface area contributed by atoms with Gasteiger partial charge in [-0.2, -0.15) is 0 Å². The van der Waals surface area contributed by atoms with E-state index in [1.165, 1.54) is 24.3 Å². The second kappa shape index (κ2) is 13.2. The van der Waals surface area contributed by atoms with Gasteiger partial charge in [-0.3, -0.25) is 19.2 Å². The molecule has 0 spiro atoms. The van der Waals surface area contributed by atoms with Crippen molar-refractivity contribution >= 4 is 56.5 Å². The van der Waals surface area contributed by atoms with Crippen molar-refractivity contribution in [2.75, 3.05) is 9.80 Å². The summed E-state index contributed by atoms with van der Waals surface area (Å²) in [6, 6.07) is 46.4. The number of benzene rings is 7. The molecular formula is C46H28N2O6. The lowest BCUT2D eigenvalue weighted by Gasteiger charge is -2.18. The minimum Gasteiger partial charge on any atom is -0.457 e. The molecule has 7 aromatic carbocycles. The molecule has 2 heterocycles. The highest BCUT2D eigenvalue weighted by Crippen LogP contribution is 2.44. The third-order valence-electron chi connectivity index (χ3n) is 9.46. The zero-order valence-corrected chi connectivity index (χ0v) is 28.5. The summed E-state index contributed by atoms with van der Waals surface area (Å²) in [5.41, 5.74) is 5.14. The van der Waals surface area contributed by atoms with E-state index in [4.69, 9.17) is 9.47 Å². The molecule has 0 unspecified atom stereocenters. The van der Waals surface area contributed by atoms with Crippen LogP contribution in [-0.2, 0) is 19.2 Å². The van der Waals surface area contributed by atoms with E-state index in [0.29, 0.717) is 34.4 Å². The molecule has 0 radical (unpaired) electrons. The number of anilines is 2. The summed E-state index contributed by atoms with van der Waals surface area (Å²) in [5, 5.41) is 4.38. The molecule has 258 valence electrons. The number of rotatable bonds is 8. The summed E-state index contributed by atoms with van der Waals surface area (Å²) in [7, 11) is 0. The van der Waals surface area contributed by atoms with E-state index in [2.05, 4.69) is 24.3 Å². The maximum absolute atomic E-state index is 12.2. The van der Waals surface area contributed by atoms with E-state index in [9.17, 15) is 19.2 Å². The molecule has 2 aliphatic rings. The number of fused-ring (bicyclic) bond motifs is 2. The zero-order chi connectivity index (χ0) is 36.8. The first-order chi connectivity index (χ1) is 26.4. The summed E-state index contributed by atoms with van der Waals surface area (Å²) in [4.78, 5) is 51.0. The van der Waals surface area contributed by atoms with Gasteiger partial charge in [0.25, 0.3) is 23.6 Å². The van der Waals surface area contributed by atoms with Crippen LogP contribution in [-0.4, -0.2) is 23.6 Å². The Labute approximate surface area is 309 Å². The molecule has 0 bridgehead atoms. The standard InChI is InChI=1S/C46H28N2O6/c49-41-23-24-42(50)47(41)31-7-5-9-35(27-31)53-33-19-15-29(16-20-33)45-37-11-1-2-12-38(37)46(40-14-4-3-13-39(40)45)30-17-21-34(22-18-30)54-36-10-6-8-32(28-36)48-43(51)25-26-44(48)52/h1-28H. The van der Waals surface area contributed by atoms with Crippen molar-refractivity contribution in [3.05, 3.63) is 170 Å². The zero-order valence-electron chi connectivity index (χ0n) is 28.5. The Hall–Kier alpha value is -7.58. The molecule has 0 atom stereocenters. The van der Waals surface area contributed by atoms with Gasteiger partial charge in [0.2, 0.25) is 0 Å². The lowest BCUT2D eigenvalue weighted by Crippen LogP contribution is -2.29. The van der Waals surface area contributed by atoms with Gasteiger partial charge in [-0.25, -0.2) is 9.80 Å². The first-order valence-corrected chi connectivity index (χ1v) is 17.2. The molecule has 7 aromatic rings. The van der Waals surface area contributed by atoms with Gasteiger partial charge in [-0.15, -0.1) is 0 Å². The van der Waals surface area contributed by atoms with Crippen molar-refractivity contribution < 1.29 is 28.7 Å². The maximum atomic E-state index is 12.2. The highest BCUT2D eigenvalue weighted by atomic mass is 16.5. The normalized spacial score (nSPS) is 13.9. The van der Waals surface area contributed by atoms with Crippen LogP contribution in [0.5, 0.6) is 23.0 Å². The average molecular weight is 705 g/mol. The quantitative estimate of drug-likeness (QED) is 0.116. The van der Waals surface area contributed by atoms with Gasteiger partial charge in [0, 0.05) is 36.4 Å². The highest BCUT2D eigenvalue weighted by molar-refractivity contribution is 6.29. The highest BCUT2D eigenvalue weighted by Gasteiger charge is 2.26. The fraction of sp³-hybridized carbons (Fsp3) is 0. The average Bonchev–Trinajstić information content (AvgIpc) is 3.72. The van der Waals surface area contributed by atoms with Gasteiger partial charge in [0.05, 0.1) is 11.4 Å². The first-order valence-electron chi connectivity index (χ1n) is 17.2. The van der Waals surface area contributed by atoms with Crippen LogP contribution in [0, 0.1) is 0 Å². The van der Waals surface area contributed by atoms with Crippen LogP contribution in [0.15, 0.2) is 170 Å². The number of amides is 4. The van der Waals surface area contributed by atoms with Crippen LogP contribution >= 0.6 is 0 Å². The van der Waals surface area contributed by atoms with Gasteiger partial charge in [-0.1, -0.05) is 84.9 Å². The topological polar surface area (TPSA) is 93.2 Å². The van der Waals surface area contributed by atoms with Crippen LogP contribution < -0.4 is 19.3 Å². The van der Waals surface area contributed by atoms with E-state index >= 15 is 0 Å². The number of ether oxygens (including phenoxy) is 2. The van der Waals surface area contributed by atoms with E-state index < -0.39 is 0 Å². The molecule has 8 nitrogen and oxygen atoms in total. The molecule has 0 aromatic heterocycles. The lowest BCUT2D eigenvalue weighted by molar-refractivity contribution is -0.121. The van der Waals surface area contributed by atoms with Gasteiger partial charge in [0.1, 0.15) is 23.0 Å². The maximum Gasteiger partial charge on any atom is 0.258 e. The molecule has 9 rings (SSSR count). The Morgan fingerprint density at radius 3 is 1.00 bits per heavy atom. The Balaban J connectivity index is 1.02. The van der Waals surface area contributed by atoms with Crippen LogP contribution in [0.25, 0.3) is 43.8 Å². The van der Waals surface area contributed by atoms with Crippen LogP contribution in [0.3, 0.4) is 0 Å². The van der Waals surface area contributed by atoms with E-state index in [0.717, 1.165) is 53.6 Å². The number of hydrogen-bond acceptors (Lipinski definition) is 6. The van der Waals surface area contributed by atoms with Crippen LogP contribution in [0.1, 0.15) is 0 Å². The second-order valence-electron chi connectivity index (χ2n) is 12.8. The van der Waals surface area contributed by atoms with Gasteiger partial charge in [-0.05, 0) is 92.3 Å². The predicted molar refractivity (Wildman–Crippen MR) is 209 cm³/mol. The molecule has 0 saturated carbocycles. The molecule has 2 aliphatic heterocycles. The molecule has 8 heteroatoms. The number of hydrogen-bond donors (Lipinski definition) is 0. The van der Waals surface area contributed by atoms with E-state index in [-0.39, 0.29) is 23.6 Å². The predicted octanol–water partition coefficient (Wildman–Crippen LogP) is 9.77. The number of nitrogens with zero attached hydrogens (tertiary/aromatic N) is 2. The van der Waals surface area contributed by atoms with Crippen molar-refractivity contribution in [1.82, 2.24) is 0 Å². The van der Waals surface area contributed by atoms with Crippen LogP contribution in [0.2, 0.25) is 0 Å². The summed E-state index contributed by atoms with van der Waals surface area (Å²) < 4.78 is 12.3. The Morgan fingerprint density at radius 2 is 0.667 bits per heavy atom. The third-order valence-corrected chi connectivity index (χ3v) is 9.46. The smallest absolute Gasteiger partial charge is 0.258 e. The number of carbonyl (C=O) groups excluding carboxylic acids is 4. The molecule has 0 aliphatic carbocycles. The largest absolute Gasteiger partial charge is 0.457 e. The minimum absolute atomic E-state index is 0.383. The fourth-order valence-corrected chi connectivity index (χ4v) is 7.08. The Kier molecular flexibility index (Phi) is 7.90. The van der Waals surface area contributed by atoms with Crippen molar-refractivity contribution in [2.24, 2.45) is 0 Å². The fourth-order valence-electron chi connectivity index (χ4n) is 7.08. The summed E-state index contributed by atoms with van der Waals surface area (Å²) in [5.74, 6) is 0.706. The van der Waals surface area contributed by atoms with Crippen LogP contribution in [0.4, 0.5) is 11.4 Å². The molecular weight excluding hydrogens is 677 g/mol. The molecule has 4 amide bonds. The Morgan fingerprint density at radius 1 is 0.333 bits per heavy atom. The van der Waals surface area contributed by atoms with E-state index in [1.54, 1.807) is 48.5 Å². The summed E-state index contributed by atoms with van der Waals surface area (Å²) in [6.07, 6.45) is 5.03. The van der Waals surface area contributed by atoms with Crippen molar-refractivity contribution in [2.45, 2.75) is 0 Å². The lowest BCUT2D eigenvalue weighted by atomic mass is 9.86. The molecule has 0 fully saturated rings. The first kappa shape index (κ1) is 32.3. The van der Waals surface area contributed by atoms with Gasteiger partial charge >= 0.3 is 0 Å². The van der Waals surface area contributed by atoms with Gasteiger partial charge < -0.3 is 9.47 Å². The third kappa shape index (κ3) is 5.78. The monoisotopic (exact) mass is 704 g/mol. The summed E-state index contributed by atoms with van der Waals surface area (Å²) in [6.45, 7) is 0. The molecule has 0 saturated heterocycles. The molecule has 0 N–H and O–H groups in total. The Bertz CT molecular complexity index is 2470.